The molecule has 1 aliphatic heterocycles. The number of carbonyl (C=O) groups is 1. The summed E-state index contributed by atoms with van der Waals surface area (Å²) in [6.45, 7) is 5.37. The van der Waals surface area contributed by atoms with Gasteiger partial charge in [0.1, 0.15) is 11.3 Å². The predicted molar refractivity (Wildman–Crippen MR) is 107 cm³/mol. The van der Waals surface area contributed by atoms with Crippen LogP contribution in [0.25, 0.3) is 16.5 Å². The maximum atomic E-state index is 12.9. The molecule has 0 aliphatic carbocycles. The summed E-state index contributed by atoms with van der Waals surface area (Å²) in [5.41, 5.74) is 6.24. The Kier molecular flexibility index (Phi) is 4.48. The minimum Gasteiger partial charge on any atom is -0.496 e. The highest BCUT2D eigenvalue weighted by Crippen LogP contribution is 2.33. The lowest BCUT2D eigenvalue weighted by molar-refractivity contribution is -0.126. The number of rotatable bonds is 3. The van der Waals surface area contributed by atoms with E-state index in [1.54, 1.807) is 19.4 Å². The Morgan fingerprint density at radius 1 is 1.22 bits per heavy atom. The Hall–Kier alpha value is -3.01. The first-order valence-electron chi connectivity index (χ1n) is 9.17. The topological polar surface area (TPSA) is 42.7 Å². The molecule has 4 heteroatoms. The van der Waals surface area contributed by atoms with E-state index in [2.05, 4.69) is 18.2 Å². The van der Waals surface area contributed by atoms with Gasteiger partial charge in [0, 0.05) is 36.2 Å². The molecule has 3 aromatic rings. The molecule has 0 saturated heterocycles. The molecule has 1 amide bonds. The van der Waals surface area contributed by atoms with E-state index in [-0.39, 0.29) is 5.91 Å². The van der Waals surface area contributed by atoms with Crippen LogP contribution in [0, 0.1) is 6.92 Å². The van der Waals surface area contributed by atoms with Gasteiger partial charge >= 0.3 is 0 Å². The number of allylic oxidation sites excluding steroid dienone is 1. The van der Waals surface area contributed by atoms with E-state index in [1.807, 2.05) is 36.9 Å². The Morgan fingerprint density at radius 2 is 2.00 bits per heavy atom. The van der Waals surface area contributed by atoms with Gasteiger partial charge in [-0.15, -0.1) is 0 Å². The average Bonchev–Trinajstić information content (AvgIpc) is 3.06. The van der Waals surface area contributed by atoms with Crippen molar-refractivity contribution in [1.29, 1.82) is 0 Å². The number of amides is 1. The molecule has 0 unspecified atom stereocenters. The lowest BCUT2D eigenvalue weighted by Crippen LogP contribution is -2.34. The molecule has 4 rings (SSSR count). The Bertz CT molecular complexity index is 1040. The van der Waals surface area contributed by atoms with E-state index >= 15 is 0 Å². The molecule has 27 heavy (non-hydrogen) atoms. The van der Waals surface area contributed by atoms with Crippen molar-refractivity contribution in [3.63, 3.8) is 0 Å². The van der Waals surface area contributed by atoms with Crippen molar-refractivity contribution in [2.75, 3.05) is 13.7 Å². The van der Waals surface area contributed by atoms with E-state index < -0.39 is 0 Å². The van der Waals surface area contributed by atoms with Crippen LogP contribution in [0.4, 0.5) is 0 Å². The zero-order chi connectivity index (χ0) is 19.0. The van der Waals surface area contributed by atoms with Gasteiger partial charge in [-0.1, -0.05) is 24.3 Å². The number of hydrogen-bond acceptors (Lipinski definition) is 3. The number of hydrogen-bond donors (Lipinski definition) is 0. The van der Waals surface area contributed by atoms with Crippen LogP contribution >= 0.6 is 0 Å². The molecule has 0 radical (unpaired) electrons. The van der Waals surface area contributed by atoms with E-state index in [0.717, 1.165) is 40.6 Å². The normalized spacial score (nSPS) is 14.3. The standard InChI is InChI=1S/C23H23NO3/c1-15(19-11-20-16(2)14-27-22(20)12-21(19)26-3)10-23(25)24-9-8-17-6-4-5-7-18(17)13-24/h4-7,10-12,14H,8-9,13H2,1-3H3/b15-10+. The molecule has 0 fully saturated rings. The summed E-state index contributed by atoms with van der Waals surface area (Å²) in [4.78, 5) is 14.8. The van der Waals surface area contributed by atoms with Crippen LogP contribution in [-0.2, 0) is 17.8 Å². The van der Waals surface area contributed by atoms with Crippen molar-refractivity contribution < 1.29 is 13.9 Å². The number of furan rings is 1. The molecular weight excluding hydrogens is 338 g/mol. The lowest BCUT2D eigenvalue weighted by Gasteiger charge is -2.28. The third-order valence-electron chi connectivity index (χ3n) is 5.30. The largest absolute Gasteiger partial charge is 0.496 e. The number of benzene rings is 2. The summed E-state index contributed by atoms with van der Waals surface area (Å²) >= 11 is 0. The lowest BCUT2D eigenvalue weighted by atomic mass is 9.99. The fourth-order valence-electron chi connectivity index (χ4n) is 3.70. The quantitative estimate of drug-likeness (QED) is 0.633. The van der Waals surface area contributed by atoms with E-state index in [0.29, 0.717) is 12.3 Å². The molecular formula is C23H23NO3. The first-order chi connectivity index (χ1) is 13.1. The van der Waals surface area contributed by atoms with Gasteiger partial charge in [-0.05, 0) is 48.6 Å². The Labute approximate surface area is 159 Å². The smallest absolute Gasteiger partial charge is 0.247 e. The second kappa shape index (κ2) is 6.95. The number of fused-ring (bicyclic) bond motifs is 2. The van der Waals surface area contributed by atoms with Gasteiger partial charge in [-0.25, -0.2) is 0 Å². The summed E-state index contributed by atoms with van der Waals surface area (Å²) < 4.78 is 11.1. The Balaban J connectivity index is 1.63. The van der Waals surface area contributed by atoms with Gasteiger partial charge in [0.05, 0.1) is 13.4 Å². The van der Waals surface area contributed by atoms with Crippen LogP contribution in [0.5, 0.6) is 5.75 Å². The van der Waals surface area contributed by atoms with E-state index in [4.69, 9.17) is 9.15 Å². The third-order valence-corrected chi connectivity index (χ3v) is 5.30. The van der Waals surface area contributed by atoms with Crippen molar-refractivity contribution >= 4 is 22.4 Å². The number of aryl methyl sites for hydroxylation is 1. The highest BCUT2D eigenvalue weighted by Gasteiger charge is 2.20. The fourth-order valence-corrected chi connectivity index (χ4v) is 3.70. The highest BCUT2D eigenvalue weighted by atomic mass is 16.5. The predicted octanol–water partition coefficient (Wildman–Crippen LogP) is 4.74. The van der Waals surface area contributed by atoms with Gasteiger partial charge in [-0.2, -0.15) is 0 Å². The number of ether oxygens (including phenoxy) is 1. The van der Waals surface area contributed by atoms with Gasteiger partial charge in [0.2, 0.25) is 5.91 Å². The zero-order valence-corrected chi connectivity index (χ0v) is 15.9. The summed E-state index contributed by atoms with van der Waals surface area (Å²) in [6.07, 6.45) is 4.36. The minimum absolute atomic E-state index is 0.0352. The van der Waals surface area contributed by atoms with E-state index in [9.17, 15) is 4.79 Å². The Morgan fingerprint density at radius 3 is 2.78 bits per heavy atom. The van der Waals surface area contributed by atoms with Gasteiger partial charge < -0.3 is 14.1 Å². The van der Waals surface area contributed by atoms with Gasteiger partial charge in [0.25, 0.3) is 0 Å². The van der Waals surface area contributed by atoms with E-state index in [1.165, 1.54) is 11.1 Å². The zero-order valence-electron chi connectivity index (χ0n) is 15.9. The molecule has 138 valence electrons. The molecule has 1 aliphatic rings. The molecule has 0 atom stereocenters. The maximum absolute atomic E-state index is 12.9. The SMILES string of the molecule is COc1cc2occ(C)c2cc1/C(C)=C/C(=O)N1CCc2ccccc2C1. The summed E-state index contributed by atoms with van der Waals surface area (Å²) in [6, 6.07) is 12.3. The van der Waals surface area contributed by atoms with Crippen LogP contribution in [0.2, 0.25) is 0 Å². The van der Waals surface area contributed by atoms with Gasteiger partial charge in [-0.3, -0.25) is 4.79 Å². The maximum Gasteiger partial charge on any atom is 0.247 e. The van der Waals surface area contributed by atoms with Crippen molar-refractivity contribution in [2.24, 2.45) is 0 Å². The average molecular weight is 361 g/mol. The van der Waals surface area contributed by atoms with Crippen molar-refractivity contribution in [3.8, 4) is 5.75 Å². The van der Waals surface area contributed by atoms with Crippen LogP contribution in [0.3, 0.4) is 0 Å². The van der Waals surface area contributed by atoms with Crippen LogP contribution in [0.15, 0.2) is 53.2 Å². The molecule has 0 saturated carbocycles. The highest BCUT2D eigenvalue weighted by molar-refractivity contribution is 5.97. The second-order valence-electron chi connectivity index (χ2n) is 7.07. The number of methoxy groups -OCH3 is 1. The number of nitrogens with zero attached hydrogens (tertiary/aromatic N) is 1. The minimum atomic E-state index is 0.0352. The first-order valence-corrected chi connectivity index (χ1v) is 9.17. The third kappa shape index (κ3) is 3.23. The molecule has 1 aromatic heterocycles. The van der Waals surface area contributed by atoms with Crippen LogP contribution < -0.4 is 4.74 Å². The monoisotopic (exact) mass is 361 g/mol. The fraction of sp³-hybridized carbons (Fsp3) is 0.261. The molecule has 2 heterocycles. The summed E-state index contributed by atoms with van der Waals surface area (Å²) in [5, 5.41) is 1.04. The number of carbonyl (C=O) groups excluding carboxylic acids is 1. The van der Waals surface area contributed by atoms with Crippen molar-refractivity contribution in [1.82, 2.24) is 4.90 Å². The summed E-state index contributed by atoms with van der Waals surface area (Å²) in [5.74, 6) is 0.746. The van der Waals surface area contributed by atoms with Crippen LogP contribution in [0.1, 0.15) is 29.2 Å². The first kappa shape index (κ1) is 17.4. The second-order valence-corrected chi connectivity index (χ2v) is 7.07. The molecule has 4 nitrogen and oxygen atoms in total. The molecule has 0 N–H and O–H groups in total. The van der Waals surface area contributed by atoms with Gasteiger partial charge in [0.15, 0.2) is 0 Å². The van der Waals surface area contributed by atoms with Crippen molar-refractivity contribution in [3.05, 3.63) is 71.0 Å². The molecule has 2 aromatic carbocycles. The summed E-state index contributed by atoms with van der Waals surface area (Å²) in [7, 11) is 1.64. The molecule has 0 bridgehead atoms. The van der Waals surface area contributed by atoms with Crippen LogP contribution in [-0.4, -0.2) is 24.5 Å². The molecule has 0 spiro atoms. The van der Waals surface area contributed by atoms with Crippen molar-refractivity contribution in [2.45, 2.75) is 26.8 Å².